The molecule has 3 aromatic heterocycles. The molecule has 0 amide bonds. The Morgan fingerprint density at radius 2 is 1.87 bits per heavy atom. The van der Waals surface area contributed by atoms with Crippen molar-refractivity contribution < 1.29 is 22.6 Å². The molecule has 0 spiro atoms. The van der Waals surface area contributed by atoms with Crippen LogP contribution in [0.4, 0.5) is 24.8 Å². The smallest absolute Gasteiger partial charge is 0.351 e. The van der Waals surface area contributed by atoms with Gasteiger partial charge in [-0.3, -0.25) is 4.98 Å². The van der Waals surface area contributed by atoms with E-state index in [0.717, 1.165) is 40.7 Å². The van der Waals surface area contributed by atoms with Crippen LogP contribution in [0, 0.1) is 13.8 Å². The van der Waals surface area contributed by atoms with Gasteiger partial charge in [-0.05, 0) is 56.5 Å². The molecule has 11 heteroatoms. The van der Waals surface area contributed by atoms with Crippen molar-refractivity contribution in [3.05, 3.63) is 59.0 Å². The molecule has 0 aromatic carbocycles. The van der Waals surface area contributed by atoms with E-state index in [1.807, 2.05) is 44.7 Å². The van der Waals surface area contributed by atoms with E-state index < -0.39 is 24.3 Å². The van der Waals surface area contributed by atoms with E-state index >= 15 is 0 Å². The van der Waals surface area contributed by atoms with Crippen LogP contribution in [-0.2, 0) is 15.7 Å². The fourth-order valence-corrected chi connectivity index (χ4v) is 5.01. The zero-order chi connectivity index (χ0) is 27.0. The Morgan fingerprint density at radius 1 is 1.08 bits per heavy atom. The summed E-state index contributed by atoms with van der Waals surface area (Å²) in [5.74, 6) is 1.06. The van der Waals surface area contributed by atoms with Gasteiger partial charge in [0.25, 0.3) is 0 Å². The second kappa shape index (κ2) is 10.5. The molecule has 2 saturated heterocycles. The van der Waals surface area contributed by atoms with E-state index in [1.54, 1.807) is 12.4 Å². The van der Waals surface area contributed by atoms with Crippen molar-refractivity contribution in [1.29, 1.82) is 0 Å². The Morgan fingerprint density at radius 3 is 2.53 bits per heavy atom. The molecular formula is C27H31F3N6O2. The fraction of sp³-hybridized carbons (Fsp3) is 0.481. The second-order valence-electron chi connectivity index (χ2n) is 9.80. The summed E-state index contributed by atoms with van der Waals surface area (Å²) < 4.78 is 53.0. The van der Waals surface area contributed by atoms with Gasteiger partial charge in [-0.1, -0.05) is 13.3 Å². The van der Waals surface area contributed by atoms with Gasteiger partial charge in [0.05, 0.1) is 11.3 Å². The van der Waals surface area contributed by atoms with Crippen molar-refractivity contribution >= 4 is 11.6 Å². The summed E-state index contributed by atoms with van der Waals surface area (Å²) in [7, 11) is 0. The van der Waals surface area contributed by atoms with Crippen LogP contribution >= 0.6 is 0 Å². The number of hydrogen-bond donors (Lipinski definition) is 0. The lowest BCUT2D eigenvalue weighted by Crippen LogP contribution is -2.53. The minimum Gasteiger partial charge on any atom is -0.351 e. The third-order valence-corrected chi connectivity index (χ3v) is 7.21. The van der Waals surface area contributed by atoms with Gasteiger partial charge in [0.1, 0.15) is 5.82 Å². The largest absolute Gasteiger partial charge is 0.417 e. The minimum absolute atomic E-state index is 0.0880. The number of piperazine rings is 1. The number of halogens is 3. The Hall–Kier alpha value is -3.31. The number of pyridine rings is 2. The lowest BCUT2D eigenvalue weighted by Gasteiger charge is -2.42. The van der Waals surface area contributed by atoms with E-state index in [2.05, 4.69) is 25.1 Å². The molecule has 5 heterocycles. The summed E-state index contributed by atoms with van der Waals surface area (Å²) >= 11 is 0. The molecule has 2 fully saturated rings. The quantitative estimate of drug-likeness (QED) is 0.418. The molecule has 0 unspecified atom stereocenters. The van der Waals surface area contributed by atoms with Crippen molar-refractivity contribution in [3.8, 4) is 11.3 Å². The number of hydrogen-bond acceptors (Lipinski definition) is 8. The predicted octanol–water partition coefficient (Wildman–Crippen LogP) is 5.46. The third-order valence-electron chi connectivity index (χ3n) is 7.21. The van der Waals surface area contributed by atoms with Gasteiger partial charge in [-0.2, -0.15) is 13.2 Å². The molecule has 2 aliphatic heterocycles. The summed E-state index contributed by atoms with van der Waals surface area (Å²) in [5, 5.41) is 9.00. The van der Waals surface area contributed by atoms with Crippen LogP contribution in [0.25, 0.3) is 11.3 Å². The van der Waals surface area contributed by atoms with Crippen LogP contribution in [0.3, 0.4) is 0 Å². The molecule has 5 rings (SSSR count). The van der Waals surface area contributed by atoms with E-state index in [1.165, 1.54) is 6.20 Å². The highest BCUT2D eigenvalue weighted by Gasteiger charge is 2.42. The first-order chi connectivity index (χ1) is 18.2. The zero-order valence-corrected chi connectivity index (χ0v) is 21.9. The molecule has 0 saturated carbocycles. The van der Waals surface area contributed by atoms with Gasteiger partial charge in [-0.25, -0.2) is 4.98 Å². The fourth-order valence-electron chi connectivity index (χ4n) is 5.01. The van der Waals surface area contributed by atoms with Crippen LogP contribution < -0.4 is 9.80 Å². The molecule has 8 nitrogen and oxygen atoms in total. The minimum atomic E-state index is -4.55. The normalized spacial score (nSPS) is 21.9. The number of nitrogens with zero attached hydrogens (tertiary/aromatic N) is 6. The lowest BCUT2D eigenvalue weighted by molar-refractivity contribution is -0.392. The SMILES string of the molecule is CCCC1OC(c2cnc(N3CCN(c4nnc(-c5cccnc5)c(C)c4C)C[C@H]3C)cc2C(F)(F)F)O1. The van der Waals surface area contributed by atoms with Crippen molar-refractivity contribution in [2.75, 3.05) is 29.4 Å². The topological polar surface area (TPSA) is 76.5 Å². The molecule has 0 N–H and O–H groups in total. The number of aromatic nitrogens is 4. The zero-order valence-electron chi connectivity index (χ0n) is 21.9. The maximum Gasteiger partial charge on any atom is 0.417 e. The first-order valence-electron chi connectivity index (χ1n) is 12.8. The number of ether oxygens (including phenoxy) is 2. The number of alkyl halides is 3. The van der Waals surface area contributed by atoms with Gasteiger partial charge >= 0.3 is 6.18 Å². The van der Waals surface area contributed by atoms with Crippen molar-refractivity contribution in [2.45, 2.75) is 65.3 Å². The lowest BCUT2D eigenvalue weighted by atomic mass is 10.0. The summed E-state index contributed by atoms with van der Waals surface area (Å²) in [6, 6.07) is 4.82. The van der Waals surface area contributed by atoms with Crippen LogP contribution in [0.5, 0.6) is 0 Å². The molecule has 0 aliphatic carbocycles. The van der Waals surface area contributed by atoms with Crippen LogP contribution in [0.1, 0.15) is 55.2 Å². The number of rotatable bonds is 6. The average molecular weight is 529 g/mol. The highest BCUT2D eigenvalue weighted by atomic mass is 19.4. The first-order valence-corrected chi connectivity index (χ1v) is 12.8. The average Bonchev–Trinajstić information content (AvgIpc) is 2.87. The van der Waals surface area contributed by atoms with Crippen LogP contribution in [-0.4, -0.2) is 52.1 Å². The standard InChI is InChI=1S/C27H31F3N6O2/c1-5-7-23-37-26(38-23)20-14-32-22(12-21(20)27(28,29)30)36-11-10-35(15-16(36)2)25-18(4)17(3)24(33-34-25)19-8-6-9-31-13-19/h6,8-9,12-14,16,23,26H,5,7,10-11,15H2,1-4H3/t16-,23?,26?/m1/s1. The molecule has 1 atom stereocenters. The monoisotopic (exact) mass is 528 g/mol. The maximum atomic E-state index is 14.0. The Labute approximate surface area is 219 Å². The van der Waals surface area contributed by atoms with Gasteiger partial charge in [0.2, 0.25) is 0 Å². The molecule has 0 bridgehead atoms. The van der Waals surface area contributed by atoms with Crippen molar-refractivity contribution in [2.24, 2.45) is 0 Å². The van der Waals surface area contributed by atoms with Gasteiger partial charge in [-0.15, -0.1) is 10.2 Å². The third kappa shape index (κ3) is 5.04. The highest BCUT2D eigenvalue weighted by Crippen LogP contribution is 2.42. The predicted molar refractivity (Wildman–Crippen MR) is 137 cm³/mol. The molecule has 3 aromatic rings. The maximum absolute atomic E-state index is 14.0. The Kier molecular flexibility index (Phi) is 7.23. The summed E-state index contributed by atoms with van der Waals surface area (Å²) in [6.07, 6.45) is 0.112. The first kappa shape index (κ1) is 26.3. The summed E-state index contributed by atoms with van der Waals surface area (Å²) in [5.41, 5.74) is 2.86. The van der Waals surface area contributed by atoms with E-state index in [9.17, 15) is 13.2 Å². The van der Waals surface area contributed by atoms with E-state index in [-0.39, 0.29) is 17.4 Å². The van der Waals surface area contributed by atoms with Gasteiger partial charge in [0.15, 0.2) is 18.4 Å². The van der Waals surface area contributed by atoms with Crippen molar-refractivity contribution in [3.63, 3.8) is 0 Å². The molecule has 202 valence electrons. The molecular weight excluding hydrogens is 497 g/mol. The van der Waals surface area contributed by atoms with Crippen molar-refractivity contribution in [1.82, 2.24) is 20.2 Å². The molecule has 0 radical (unpaired) electrons. The van der Waals surface area contributed by atoms with E-state index in [0.29, 0.717) is 26.1 Å². The van der Waals surface area contributed by atoms with E-state index in [4.69, 9.17) is 9.47 Å². The highest BCUT2D eigenvalue weighted by molar-refractivity contribution is 5.66. The summed E-state index contributed by atoms with van der Waals surface area (Å²) in [6.45, 7) is 9.60. The number of anilines is 2. The van der Waals surface area contributed by atoms with Crippen LogP contribution in [0.15, 0.2) is 36.8 Å². The van der Waals surface area contributed by atoms with Crippen LogP contribution in [0.2, 0.25) is 0 Å². The Balaban J connectivity index is 1.34. The Bertz CT molecular complexity index is 1280. The second-order valence-corrected chi connectivity index (χ2v) is 9.80. The summed E-state index contributed by atoms with van der Waals surface area (Å²) in [4.78, 5) is 12.6. The van der Waals surface area contributed by atoms with Gasteiger partial charge < -0.3 is 19.3 Å². The molecule has 2 aliphatic rings. The molecule has 38 heavy (non-hydrogen) atoms. The van der Waals surface area contributed by atoms with Gasteiger partial charge in [0, 0.05) is 55.4 Å².